The normalized spacial score (nSPS) is 26.0. The van der Waals surface area contributed by atoms with Crippen LogP contribution in [0, 0.1) is 24.2 Å². The Balaban J connectivity index is 0.857. The quantitative estimate of drug-likeness (QED) is 0.181. The summed E-state index contributed by atoms with van der Waals surface area (Å²) in [6.07, 6.45) is 13.5. The standard InChI is InChI=1S/C37H44N8O3/c1-22-25(10-12-30(42-22)34-40-21-41-44-34)31-19-38-35-36(43-31)45(33(47)20-39-35)16-4-3-5-17-48-32-13-11-29-28-8-6-23-18-24(46)7-9-26(23)27(28)14-15-37(29,32)2/h7,9-10,12,18-19,21,27-29,32,46H,3-6,8,11,13-17,20H2,1-2H3,(H,38,39)(H,40,41,44)/t27-,28-,29+,32+,37+/m1/s1. The van der Waals surface area contributed by atoms with Crippen molar-refractivity contribution in [1.29, 1.82) is 0 Å². The van der Waals surface area contributed by atoms with Crippen LogP contribution < -0.4 is 10.2 Å². The average Bonchev–Trinajstić information content (AvgIpc) is 3.75. The van der Waals surface area contributed by atoms with E-state index in [4.69, 9.17) is 9.72 Å². The van der Waals surface area contributed by atoms with Gasteiger partial charge in [-0.3, -0.25) is 14.8 Å². The van der Waals surface area contributed by atoms with Crippen LogP contribution in [0.4, 0.5) is 11.6 Å². The summed E-state index contributed by atoms with van der Waals surface area (Å²) >= 11 is 0. The Kier molecular flexibility index (Phi) is 8.10. The first-order valence-corrected chi connectivity index (χ1v) is 17.6. The van der Waals surface area contributed by atoms with E-state index in [2.05, 4.69) is 43.5 Å². The van der Waals surface area contributed by atoms with Gasteiger partial charge in [-0.05, 0) is 123 Å². The van der Waals surface area contributed by atoms with Crippen molar-refractivity contribution >= 4 is 17.5 Å². The Morgan fingerprint density at radius 2 is 1.96 bits per heavy atom. The van der Waals surface area contributed by atoms with Crippen LogP contribution in [-0.4, -0.2) is 66.9 Å². The number of hydrogen-bond acceptors (Lipinski definition) is 9. The summed E-state index contributed by atoms with van der Waals surface area (Å²) in [6, 6.07) is 9.88. The largest absolute Gasteiger partial charge is 0.508 e. The average molecular weight is 649 g/mol. The van der Waals surface area contributed by atoms with Gasteiger partial charge in [0, 0.05) is 24.4 Å². The molecule has 48 heavy (non-hydrogen) atoms. The molecule has 4 aliphatic rings. The third kappa shape index (κ3) is 5.51. The molecule has 0 bridgehead atoms. The molecular weight excluding hydrogens is 604 g/mol. The van der Waals surface area contributed by atoms with E-state index in [1.54, 1.807) is 11.1 Å². The highest BCUT2D eigenvalue weighted by molar-refractivity contribution is 6.00. The molecule has 250 valence electrons. The number of phenolic OH excluding ortho intramolecular Hbond substituents is 1. The van der Waals surface area contributed by atoms with Crippen molar-refractivity contribution in [3.8, 4) is 28.5 Å². The Morgan fingerprint density at radius 3 is 2.81 bits per heavy atom. The molecule has 4 aromatic rings. The lowest BCUT2D eigenvalue weighted by atomic mass is 9.55. The van der Waals surface area contributed by atoms with Gasteiger partial charge in [-0.2, -0.15) is 5.10 Å². The molecule has 4 heterocycles. The summed E-state index contributed by atoms with van der Waals surface area (Å²) in [4.78, 5) is 33.2. The van der Waals surface area contributed by atoms with Gasteiger partial charge in [-0.15, -0.1) is 0 Å². The maximum Gasteiger partial charge on any atom is 0.247 e. The minimum Gasteiger partial charge on any atom is -0.508 e. The van der Waals surface area contributed by atoms with Crippen LogP contribution >= 0.6 is 0 Å². The van der Waals surface area contributed by atoms with Gasteiger partial charge >= 0.3 is 0 Å². The van der Waals surface area contributed by atoms with Crippen molar-refractivity contribution in [2.24, 2.45) is 17.3 Å². The zero-order valence-corrected chi connectivity index (χ0v) is 27.8. The van der Waals surface area contributed by atoms with E-state index in [9.17, 15) is 9.90 Å². The van der Waals surface area contributed by atoms with Gasteiger partial charge in [-0.1, -0.05) is 13.0 Å². The van der Waals surface area contributed by atoms with Crippen molar-refractivity contribution in [1.82, 2.24) is 30.1 Å². The first-order valence-electron chi connectivity index (χ1n) is 17.6. The summed E-state index contributed by atoms with van der Waals surface area (Å²) < 4.78 is 6.66. The van der Waals surface area contributed by atoms with E-state index in [-0.39, 0.29) is 17.9 Å². The van der Waals surface area contributed by atoms with Gasteiger partial charge in [0.15, 0.2) is 17.5 Å². The number of benzene rings is 1. The molecule has 1 aliphatic heterocycles. The number of aromatic nitrogens is 6. The predicted octanol–water partition coefficient (Wildman–Crippen LogP) is 6.21. The van der Waals surface area contributed by atoms with E-state index in [0.29, 0.717) is 59.1 Å². The molecule has 0 radical (unpaired) electrons. The zero-order valence-electron chi connectivity index (χ0n) is 27.8. The molecule has 11 heteroatoms. The molecule has 2 fully saturated rings. The maximum absolute atomic E-state index is 13.0. The topological polar surface area (TPSA) is 142 Å². The number of hydrogen-bond donors (Lipinski definition) is 3. The second-order valence-corrected chi connectivity index (χ2v) is 14.3. The van der Waals surface area contributed by atoms with Gasteiger partial charge in [0.1, 0.15) is 17.8 Å². The molecule has 11 nitrogen and oxygen atoms in total. The fourth-order valence-corrected chi connectivity index (χ4v) is 9.29. The van der Waals surface area contributed by atoms with Crippen LogP contribution in [0.5, 0.6) is 5.75 Å². The van der Waals surface area contributed by atoms with E-state index < -0.39 is 0 Å². The number of rotatable bonds is 9. The van der Waals surface area contributed by atoms with Crippen molar-refractivity contribution < 1.29 is 14.6 Å². The SMILES string of the molecule is Cc1nc(-c2ncn[nH]2)ccc1-c1cnc2c(n1)N(CCCCCO[C@H]1CC[C@H]3[C@@H]4CCc5cc(O)ccc5[C@H]4CC[C@]13C)C(=O)CN2. The van der Waals surface area contributed by atoms with Crippen molar-refractivity contribution in [2.75, 3.05) is 29.9 Å². The number of aryl methyl sites for hydroxylation is 2. The summed E-state index contributed by atoms with van der Waals surface area (Å²) in [5, 5.41) is 19.9. The molecule has 0 spiro atoms. The van der Waals surface area contributed by atoms with Crippen molar-refractivity contribution in [2.45, 2.75) is 83.7 Å². The van der Waals surface area contributed by atoms with Gasteiger partial charge in [0.05, 0.1) is 24.5 Å². The number of ether oxygens (including phenoxy) is 1. The summed E-state index contributed by atoms with van der Waals surface area (Å²) in [6.45, 7) is 5.99. The number of carbonyl (C=O) groups excluding carboxylic acids is 1. The molecule has 3 aliphatic carbocycles. The van der Waals surface area contributed by atoms with Gasteiger partial charge in [0.25, 0.3) is 0 Å². The van der Waals surface area contributed by atoms with Gasteiger partial charge in [0.2, 0.25) is 5.91 Å². The molecule has 3 aromatic heterocycles. The first kappa shape index (κ1) is 30.9. The third-order valence-corrected chi connectivity index (χ3v) is 11.7. The number of nitrogens with one attached hydrogen (secondary N) is 2. The van der Waals surface area contributed by atoms with Crippen LogP contribution in [0.25, 0.3) is 22.8 Å². The Bertz CT molecular complexity index is 1810. The number of fused-ring (bicyclic) bond motifs is 6. The number of H-pyrrole nitrogens is 1. The van der Waals surface area contributed by atoms with E-state index in [1.807, 2.05) is 31.2 Å². The van der Waals surface area contributed by atoms with Gasteiger partial charge < -0.3 is 15.2 Å². The fraction of sp³-hybridized carbons (Fsp3) is 0.514. The highest BCUT2D eigenvalue weighted by atomic mass is 16.5. The predicted molar refractivity (Wildman–Crippen MR) is 183 cm³/mol. The zero-order chi connectivity index (χ0) is 32.8. The van der Waals surface area contributed by atoms with E-state index in [0.717, 1.165) is 55.9 Å². The molecule has 0 unspecified atom stereocenters. The van der Waals surface area contributed by atoms with Crippen LogP contribution in [0.1, 0.15) is 81.0 Å². The van der Waals surface area contributed by atoms with Crippen LogP contribution in [-0.2, 0) is 16.0 Å². The van der Waals surface area contributed by atoms with Crippen LogP contribution in [0.3, 0.4) is 0 Å². The lowest BCUT2D eigenvalue weighted by Gasteiger charge is -2.50. The number of aromatic amines is 1. The van der Waals surface area contributed by atoms with Crippen LogP contribution in [0.2, 0.25) is 0 Å². The molecule has 2 saturated carbocycles. The Hall–Kier alpha value is -4.38. The molecule has 1 aromatic carbocycles. The second kappa shape index (κ2) is 12.6. The molecule has 3 N–H and O–H groups in total. The molecular formula is C37H44N8O3. The number of amides is 1. The maximum atomic E-state index is 13.0. The van der Waals surface area contributed by atoms with E-state index in [1.165, 1.54) is 43.1 Å². The molecule has 0 saturated heterocycles. The number of pyridine rings is 1. The molecule has 8 rings (SSSR count). The first-order chi connectivity index (χ1) is 23.4. The van der Waals surface area contributed by atoms with Gasteiger partial charge in [-0.25, -0.2) is 19.9 Å². The van der Waals surface area contributed by atoms with Crippen LogP contribution in [0.15, 0.2) is 42.9 Å². The lowest BCUT2D eigenvalue weighted by Crippen LogP contribution is -2.44. The Labute approximate surface area is 281 Å². The summed E-state index contributed by atoms with van der Waals surface area (Å²) in [5.41, 5.74) is 6.10. The summed E-state index contributed by atoms with van der Waals surface area (Å²) in [7, 11) is 0. The third-order valence-electron chi connectivity index (χ3n) is 11.7. The minimum absolute atomic E-state index is 0.00313. The summed E-state index contributed by atoms with van der Waals surface area (Å²) in [5.74, 6) is 4.25. The van der Waals surface area contributed by atoms with Crippen molar-refractivity contribution in [3.05, 3.63) is 59.7 Å². The number of aromatic hydroxyl groups is 1. The van der Waals surface area contributed by atoms with E-state index >= 15 is 0 Å². The number of phenols is 1. The van der Waals surface area contributed by atoms with Crippen molar-refractivity contribution in [3.63, 3.8) is 0 Å². The lowest BCUT2D eigenvalue weighted by molar-refractivity contribution is -0.117. The monoisotopic (exact) mass is 648 g/mol. The second-order valence-electron chi connectivity index (χ2n) is 14.3. The Morgan fingerprint density at radius 1 is 1.04 bits per heavy atom. The highest BCUT2D eigenvalue weighted by Gasteiger charge is 2.55. The highest BCUT2D eigenvalue weighted by Crippen LogP contribution is 2.61. The smallest absolute Gasteiger partial charge is 0.247 e. The molecule has 5 atom stereocenters. The number of unbranched alkanes of at least 4 members (excludes halogenated alkanes) is 2. The fourth-order valence-electron chi connectivity index (χ4n) is 9.29. The molecule has 1 amide bonds. The minimum atomic E-state index is 0.00313. The number of nitrogens with zero attached hydrogens (tertiary/aromatic N) is 6. The number of anilines is 2. The number of carbonyl (C=O) groups is 1.